The van der Waals surface area contributed by atoms with Gasteiger partial charge in [-0.25, -0.2) is 0 Å². The fraction of sp³-hybridized carbons (Fsp3) is 0.750. The molecule has 0 spiro atoms. The molecular formula is C12H26N4. The molecule has 1 unspecified atom stereocenters. The zero-order chi connectivity index (χ0) is 12.1. The van der Waals surface area contributed by atoms with E-state index in [-0.39, 0.29) is 6.17 Å². The minimum atomic E-state index is 0.0219. The van der Waals surface area contributed by atoms with E-state index < -0.39 is 0 Å². The van der Waals surface area contributed by atoms with Gasteiger partial charge in [0.25, 0.3) is 0 Å². The van der Waals surface area contributed by atoms with Crippen molar-refractivity contribution in [1.82, 2.24) is 10.6 Å². The summed E-state index contributed by atoms with van der Waals surface area (Å²) in [7, 11) is 1.89. The van der Waals surface area contributed by atoms with E-state index in [1.54, 1.807) is 0 Å². The average molecular weight is 226 g/mol. The summed E-state index contributed by atoms with van der Waals surface area (Å²) in [5.74, 6) is 0. The fourth-order valence-electron chi connectivity index (χ4n) is 1.16. The van der Waals surface area contributed by atoms with Gasteiger partial charge in [0, 0.05) is 19.4 Å². The minimum absolute atomic E-state index is 0.0219. The van der Waals surface area contributed by atoms with Gasteiger partial charge in [-0.1, -0.05) is 25.8 Å². The summed E-state index contributed by atoms with van der Waals surface area (Å²) in [5.41, 5.74) is 5.80. The van der Waals surface area contributed by atoms with Crippen molar-refractivity contribution >= 4 is 6.21 Å². The summed E-state index contributed by atoms with van der Waals surface area (Å²) in [6.07, 6.45) is 10.6. The number of unbranched alkanes of at least 4 members (excludes halogenated alkanes) is 2. The van der Waals surface area contributed by atoms with E-state index in [9.17, 15) is 0 Å². The lowest BCUT2D eigenvalue weighted by atomic mass is 10.2. The van der Waals surface area contributed by atoms with E-state index in [0.717, 1.165) is 26.1 Å². The molecule has 0 radical (unpaired) electrons. The lowest BCUT2D eigenvalue weighted by molar-refractivity contribution is 0.484. The van der Waals surface area contributed by atoms with E-state index in [4.69, 9.17) is 5.73 Å². The van der Waals surface area contributed by atoms with Crippen LogP contribution in [0.25, 0.3) is 0 Å². The van der Waals surface area contributed by atoms with Crippen molar-refractivity contribution in [1.29, 1.82) is 0 Å². The third-order valence-corrected chi connectivity index (χ3v) is 2.16. The number of nitrogens with zero attached hydrogens (tertiary/aromatic N) is 1. The van der Waals surface area contributed by atoms with Crippen LogP contribution in [0.15, 0.2) is 17.1 Å². The van der Waals surface area contributed by atoms with Crippen molar-refractivity contribution in [2.24, 2.45) is 10.7 Å². The van der Waals surface area contributed by atoms with Crippen LogP contribution in [0.4, 0.5) is 0 Å². The Kier molecular flexibility index (Phi) is 11.8. The van der Waals surface area contributed by atoms with Crippen molar-refractivity contribution in [2.75, 3.05) is 20.3 Å². The summed E-state index contributed by atoms with van der Waals surface area (Å²) < 4.78 is 0. The monoisotopic (exact) mass is 226 g/mol. The van der Waals surface area contributed by atoms with Crippen molar-refractivity contribution in [3.63, 3.8) is 0 Å². The van der Waals surface area contributed by atoms with Crippen LogP contribution in [-0.2, 0) is 0 Å². The normalized spacial score (nSPS) is 13.9. The number of allylic oxidation sites excluding steroid dienone is 2. The highest BCUT2D eigenvalue weighted by Crippen LogP contribution is 1.93. The third kappa shape index (κ3) is 11.4. The van der Waals surface area contributed by atoms with Crippen LogP contribution in [0.2, 0.25) is 0 Å². The van der Waals surface area contributed by atoms with E-state index in [1.165, 1.54) is 12.8 Å². The number of aliphatic imine (C=N–C) groups is 1. The first-order chi connectivity index (χ1) is 7.81. The molecule has 0 aliphatic carbocycles. The maximum atomic E-state index is 5.80. The first-order valence-corrected chi connectivity index (χ1v) is 6.09. The standard InChI is InChI=1S/C12H26N4/c1-3-4-5-6-7-9-15-10-8-12(13)16-11-14-2/h6-7,9,12,14,16H,3-5,8,10-11,13H2,1-2H3/b7-6-,15-9?. The molecule has 0 saturated heterocycles. The number of nitrogens with two attached hydrogens (primary N) is 1. The molecule has 0 heterocycles. The van der Waals surface area contributed by atoms with Gasteiger partial charge in [-0.3, -0.25) is 10.3 Å². The van der Waals surface area contributed by atoms with Crippen LogP contribution < -0.4 is 16.4 Å². The highest BCUT2D eigenvalue weighted by Gasteiger charge is 1.97. The molecular weight excluding hydrogens is 200 g/mol. The third-order valence-electron chi connectivity index (χ3n) is 2.16. The summed E-state index contributed by atoms with van der Waals surface area (Å²) in [6, 6.07) is 0. The highest BCUT2D eigenvalue weighted by atomic mass is 15.1. The Hall–Kier alpha value is -0.710. The smallest absolute Gasteiger partial charge is 0.0573 e. The molecule has 0 rings (SSSR count). The molecule has 94 valence electrons. The Morgan fingerprint density at radius 1 is 1.44 bits per heavy atom. The predicted octanol–water partition coefficient (Wildman–Crippen LogP) is 1.25. The molecule has 0 fully saturated rings. The molecule has 0 aromatic heterocycles. The number of hydrogen-bond acceptors (Lipinski definition) is 4. The second-order valence-corrected chi connectivity index (χ2v) is 3.76. The van der Waals surface area contributed by atoms with Crippen LogP contribution >= 0.6 is 0 Å². The van der Waals surface area contributed by atoms with Gasteiger partial charge in [0.05, 0.1) is 6.17 Å². The van der Waals surface area contributed by atoms with Crippen molar-refractivity contribution in [3.8, 4) is 0 Å². The number of nitrogens with one attached hydrogen (secondary N) is 2. The van der Waals surface area contributed by atoms with E-state index >= 15 is 0 Å². The summed E-state index contributed by atoms with van der Waals surface area (Å²) in [5, 5.41) is 6.11. The molecule has 4 nitrogen and oxygen atoms in total. The predicted molar refractivity (Wildman–Crippen MR) is 71.7 cm³/mol. The van der Waals surface area contributed by atoms with Crippen LogP contribution in [0, 0.1) is 0 Å². The highest BCUT2D eigenvalue weighted by molar-refractivity contribution is 5.70. The van der Waals surface area contributed by atoms with Crippen LogP contribution in [0.3, 0.4) is 0 Å². The first kappa shape index (κ1) is 15.3. The van der Waals surface area contributed by atoms with Crippen molar-refractivity contribution in [2.45, 2.75) is 38.8 Å². The topological polar surface area (TPSA) is 62.4 Å². The largest absolute Gasteiger partial charge is 0.316 e. The van der Waals surface area contributed by atoms with Crippen LogP contribution in [0.1, 0.15) is 32.6 Å². The summed E-state index contributed by atoms with van der Waals surface area (Å²) in [6.45, 7) is 3.71. The Morgan fingerprint density at radius 3 is 2.94 bits per heavy atom. The second-order valence-electron chi connectivity index (χ2n) is 3.76. The van der Waals surface area contributed by atoms with Gasteiger partial charge in [0.15, 0.2) is 0 Å². The van der Waals surface area contributed by atoms with E-state index in [1.807, 2.05) is 19.3 Å². The van der Waals surface area contributed by atoms with Gasteiger partial charge in [0.2, 0.25) is 0 Å². The van der Waals surface area contributed by atoms with E-state index in [2.05, 4.69) is 28.6 Å². The lowest BCUT2D eigenvalue weighted by Gasteiger charge is -2.11. The molecule has 0 aliphatic rings. The molecule has 4 N–H and O–H groups in total. The molecule has 1 atom stereocenters. The van der Waals surface area contributed by atoms with Gasteiger partial charge in [-0.05, 0) is 26.0 Å². The van der Waals surface area contributed by atoms with Crippen LogP contribution in [-0.4, -0.2) is 32.6 Å². The van der Waals surface area contributed by atoms with Gasteiger partial charge < -0.3 is 11.1 Å². The number of hydrogen-bond donors (Lipinski definition) is 3. The van der Waals surface area contributed by atoms with Gasteiger partial charge in [0.1, 0.15) is 0 Å². The first-order valence-electron chi connectivity index (χ1n) is 6.09. The quantitative estimate of drug-likeness (QED) is 0.298. The maximum absolute atomic E-state index is 5.80. The summed E-state index contributed by atoms with van der Waals surface area (Å²) >= 11 is 0. The summed E-state index contributed by atoms with van der Waals surface area (Å²) in [4.78, 5) is 4.26. The molecule has 0 aromatic rings. The second kappa shape index (κ2) is 12.4. The molecule has 0 aromatic carbocycles. The van der Waals surface area contributed by atoms with Crippen LogP contribution in [0.5, 0.6) is 0 Å². The van der Waals surface area contributed by atoms with Crippen molar-refractivity contribution < 1.29 is 0 Å². The molecule has 0 aliphatic heterocycles. The van der Waals surface area contributed by atoms with Gasteiger partial charge in [-0.2, -0.15) is 0 Å². The Balaban J connectivity index is 3.35. The molecule has 0 saturated carbocycles. The SMILES string of the molecule is CCCC/C=C\C=NCCC(N)NCNC. The Morgan fingerprint density at radius 2 is 2.25 bits per heavy atom. The Bertz CT molecular complexity index is 189. The molecule has 4 heteroatoms. The zero-order valence-corrected chi connectivity index (χ0v) is 10.6. The lowest BCUT2D eigenvalue weighted by Crippen LogP contribution is -2.42. The van der Waals surface area contributed by atoms with Crippen molar-refractivity contribution in [3.05, 3.63) is 12.2 Å². The molecule has 0 bridgehead atoms. The average Bonchev–Trinajstić information content (AvgIpc) is 2.30. The molecule has 0 amide bonds. The van der Waals surface area contributed by atoms with Gasteiger partial charge >= 0.3 is 0 Å². The zero-order valence-electron chi connectivity index (χ0n) is 10.6. The van der Waals surface area contributed by atoms with E-state index in [0.29, 0.717) is 0 Å². The minimum Gasteiger partial charge on any atom is -0.316 e. The number of rotatable bonds is 10. The fourth-order valence-corrected chi connectivity index (χ4v) is 1.16. The maximum Gasteiger partial charge on any atom is 0.0573 e. The van der Waals surface area contributed by atoms with Gasteiger partial charge in [-0.15, -0.1) is 0 Å². The Labute approximate surface area is 99.4 Å². The molecule has 16 heavy (non-hydrogen) atoms.